The number of anilines is 2. The van der Waals surface area contributed by atoms with Crippen molar-refractivity contribution in [1.29, 1.82) is 0 Å². The first-order valence-electron chi connectivity index (χ1n) is 9.88. The van der Waals surface area contributed by atoms with E-state index in [1.807, 2.05) is 30.3 Å². The second kappa shape index (κ2) is 7.88. The average Bonchev–Trinajstić information content (AvgIpc) is 3.10. The van der Waals surface area contributed by atoms with Crippen LogP contribution in [-0.4, -0.2) is 27.7 Å². The van der Waals surface area contributed by atoms with Crippen molar-refractivity contribution >= 4 is 29.1 Å². The number of imide groups is 1. The van der Waals surface area contributed by atoms with Crippen LogP contribution in [0.25, 0.3) is 11.4 Å². The molecule has 154 valence electrons. The number of carbonyl (C=O) groups is 3. The maximum atomic E-state index is 12.7. The molecule has 5 rings (SSSR count). The van der Waals surface area contributed by atoms with E-state index < -0.39 is 5.91 Å². The monoisotopic (exact) mass is 420 g/mol. The molecule has 1 aromatic heterocycles. The van der Waals surface area contributed by atoms with E-state index in [-0.39, 0.29) is 17.4 Å². The minimum absolute atomic E-state index is 0.288. The Hall–Kier alpha value is -4.65. The largest absolute Gasteiger partial charge is 0.322 e. The first-order chi connectivity index (χ1) is 15.6. The van der Waals surface area contributed by atoms with Gasteiger partial charge in [-0.3, -0.25) is 14.4 Å². The van der Waals surface area contributed by atoms with Crippen LogP contribution >= 0.6 is 0 Å². The van der Waals surface area contributed by atoms with Crippen LogP contribution in [0, 0.1) is 0 Å². The lowest BCUT2D eigenvalue weighted by Crippen LogP contribution is -2.29. The van der Waals surface area contributed by atoms with Gasteiger partial charge in [-0.2, -0.15) is 0 Å². The van der Waals surface area contributed by atoms with Gasteiger partial charge in [0.15, 0.2) is 5.82 Å². The summed E-state index contributed by atoms with van der Waals surface area (Å²) in [5, 5.41) is 2.76. The Labute approximate surface area is 183 Å². The van der Waals surface area contributed by atoms with Crippen LogP contribution in [0.1, 0.15) is 31.1 Å². The van der Waals surface area contributed by atoms with Gasteiger partial charge in [0.25, 0.3) is 17.7 Å². The van der Waals surface area contributed by atoms with Crippen molar-refractivity contribution in [1.82, 2.24) is 9.97 Å². The number of aromatic nitrogens is 2. The molecule has 0 atom stereocenters. The lowest BCUT2D eigenvalue weighted by molar-refractivity contribution is 0.0925. The fourth-order valence-corrected chi connectivity index (χ4v) is 3.53. The summed E-state index contributed by atoms with van der Waals surface area (Å²) in [4.78, 5) is 47.7. The van der Waals surface area contributed by atoms with Gasteiger partial charge in [-0.25, -0.2) is 14.9 Å². The summed E-state index contributed by atoms with van der Waals surface area (Å²) in [6.07, 6.45) is 2.91. The molecule has 0 saturated carbocycles. The van der Waals surface area contributed by atoms with Crippen molar-refractivity contribution < 1.29 is 14.4 Å². The molecule has 4 aromatic rings. The van der Waals surface area contributed by atoms with E-state index in [1.54, 1.807) is 48.5 Å². The van der Waals surface area contributed by atoms with Gasteiger partial charge in [0, 0.05) is 23.6 Å². The molecule has 3 amide bonds. The van der Waals surface area contributed by atoms with Crippen molar-refractivity contribution in [2.45, 2.75) is 0 Å². The van der Waals surface area contributed by atoms with Gasteiger partial charge in [0.05, 0.1) is 22.4 Å². The van der Waals surface area contributed by atoms with E-state index >= 15 is 0 Å². The second-order valence-corrected chi connectivity index (χ2v) is 7.16. The number of nitrogens with one attached hydrogen (secondary N) is 1. The number of benzene rings is 3. The Bertz CT molecular complexity index is 1320. The highest BCUT2D eigenvalue weighted by atomic mass is 16.2. The summed E-state index contributed by atoms with van der Waals surface area (Å²) in [6.45, 7) is 0. The Morgan fingerprint density at radius 1 is 0.750 bits per heavy atom. The van der Waals surface area contributed by atoms with Crippen molar-refractivity contribution in [3.63, 3.8) is 0 Å². The fraction of sp³-hybridized carbons (Fsp3) is 0. The summed E-state index contributed by atoms with van der Waals surface area (Å²) < 4.78 is 0. The molecular formula is C25H16N4O3. The van der Waals surface area contributed by atoms with Gasteiger partial charge in [0.2, 0.25) is 0 Å². The van der Waals surface area contributed by atoms with E-state index in [1.165, 1.54) is 12.4 Å². The highest BCUT2D eigenvalue weighted by Crippen LogP contribution is 2.29. The third-order valence-corrected chi connectivity index (χ3v) is 5.10. The first kappa shape index (κ1) is 19.3. The highest BCUT2D eigenvalue weighted by Gasteiger charge is 2.36. The predicted molar refractivity (Wildman–Crippen MR) is 119 cm³/mol. The maximum Gasteiger partial charge on any atom is 0.266 e. The van der Waals surface area contributed by atoms with Crippen LogP contribution in [-0.2, 0) is 0 Å². The fourth-order valence-electron chi connectivity index (χ4n) is 3.53. The summed E-state index contributed by atoms with van der Waals surface area (Å²) >= 11 is 0. The third-order valence-electron chi connectivity index (χ3n) is 5.10. The molecule has 0 spiro atoms. The highest BCUT2D eigenvalue weighted by molar-refractivity contribution is 6.34. The number of nitrogens with zero attached hydrogens (tertiary/aromatic N) is 3. The molecule has 3 aromatic carbocycles. The molecule has 0 bridgehead atoms. The zero-order valence-corrected chi connectivity index (χ0v) is 16.7. The Morgan fingerprint density at radius 2 is 1.38 bits per heavy atom. The van der Waals surface area contributed by atoms with Crippen molar-refractivity contribution in [3.8, 4) is 11.4 Å². The van der Waals surface area contributed by atoms with E-state index in [0.717, 1.165) is 10.5 Å². The molecule has 0 radical (unpaired) electrons. The topological polar surface area (TPSA) is 92.3 Å². The molecular weight excluding hydrogens is 404 g/mol. The second-order valence-electron chi connectivity index (χ2n) is 7.16. The zero-order chi connectivity index (χ0) is 22.1. The van der Waals surface area contributed by atoms with Crippen LogP contribution in [0.2, 0.25) is 0 Å². The minimum atomic E-state index is -0.399. The number of rotatable bonds is 4. The minimum Gasteiger partial charge on any atom is -0.322 e. The zero-order valence-electron chi connectivity index (χ0n) is 16.7. The SMILES string of the molecule is O=C(Nc1cccc(N2C(=O)c3ccccc3C2=O)c1)c1cnc(-c2ccccc2)nc1. The van der Waals surface area contributed by atoms with E-state index in [9.17, 15) is 14.4 Å². The van der Waals surface area contributed by atoms with Gasteiger partial charge in [-0.05, 0) is 30.3 Å². The van der Waals surface area contributed by atoms with Crippen LogP contribution in [0.15, 0.2) is 91.3 Å². The van der Waals surface area contributed by atoms with Crippen molar-refractivity contribution in [2.24, 2.45) is 0 Å². The number of hydrogen-bond donors (Lipinski definition) is 1. The van der Waals surface area contributed by atoms with Crippen LogP contribution in [0.4, 0.5) is 11.4 Å². The summed E-state index contributed by atoms with van der Waals surface area (Å²) in [6, 6.07) is 22.7. The molecule has 0 saturated heterocycles. The average molecular weight is 420 g/mol. The quantitative estimate of drug-likeness (QED) is 0.500. The predicted octanol–water partition coefficient (Wildman–Crippen LogP) is 4.20. The van der Waals surface area contributed by atoms with Gasteiger partial charge in [0.1, 0.15) is 0 Å². The van der Waals surface area contributed by atoms with Crippen molar-refractivity contribution in [3.05, 3.63) is 108 Å². The van der Waals surface area contributed by atoms with Crippen LogP contribution in [0.3, 0.4) is 0 Å². The summed E-state index contributed by atoms with van der Waals surface area (Å²) in [5.74, 6) is -0.656. The molecule has 1 aliphatic rings. The van der Waals surface area contributed by atoms with Gasteiger partial charge in [-0.15, -0.1) is 0 Å². The molecule has 0 unspecified atom stereocenters. The van der Waals surface area contributed by atoms with Crippen LogP contribution < -0.4 is 10.2 Å². The molecule has 32 heavy (non-hydrogen) atoms. The number of hydrogen-bond acceptors (Lipinski definition) is 5. The lowest BCUT2D eigenvalue weighted by atomic mass is 10.1. The smallest absolute Gasteiger partial charge is 0.266 e. The molecule has 1 aliphatic heterocycles. The molecule has 1 N–H and O–H groups in total. The summed E-state index contributed by atoms with van der Waals surface area (Å²) in [7, 11) is 0. The van der Waals surface area contributed by atoms with Crippen molar-refractivity contribution in [2.75, 3.05) is 10.2 Å². The van der Waals surface area contributed by atoms with Gasteiger partial charge in [-0.1, -0.05) is 48.5 Å². The number of carbonyl (C=O) groups excluding carboxylic acids is 3. The van der Waals surface area contributed by atoms with E-state index in [4.69, 9.17) is 0 Å². The number of amides is 3. The maximum absolute atomic E-state index is 12.7. The summed E-state index contributed by atoms with van der Waals surface area (Å²) in [5.41, 5.74) is 2.69. The molecule has 0 fully saturated rings. The Balaban J connectivity index is 1.35. The molecule has 0 aliphatic carbocycles. The lowest BCUT2D eigenvalue weighted by Gasteiger charge is -2.15. The van der Waals surface area contributed by atoms with Gasteiger partial charge >= 0.3 is 0 Å². The Kier molecular flexibility index (Phi) is 4.76. The van der Waals surface area contributed by atoms with Crippen LogP contribution in [0.5, 0.6) is 0 Å². The molecule has 7 heteroatoms. The molecule has 2 heterocycles. The molecule has 7 nitrogen and oxygen atoms in total. The first-order valence-corrected chi connectivity index (χ1v) is 9.88. The normalized spacial score (nSPS) is 12.6. The number of fused-ring (bicyclic) bond motifs is 1. The van der Waals surface area contributed by atoms with E-state index in [2.05, 4.69) is 15.3 Å². The Morgan fingerprint density at radius 3 is 2.03 bits per heavy atom. The third kappa shape index (κ3) is 3.41. The van der Waals surface area contributed by atoms with E-state index in [0.29, 0.717) is 28.3 Å². The standard InChI is InChI=1S/C25H16N4O3/c30-23(17-14-26-22(27-15-17)16-7-2-1-3-8-16)28-18-9-6-10-19(13-18)29-24(31)20-11-4-5-12-21(20)25(29)32/h1-15H,(H,28,30). The van der Waals surface area contributed by atoms with Gasteiger partial charge < -0.3 is 5.32 Å².